The van der Waals surface area contributed by atoms with Crippen LogP contribution in [0.2, 0.25) is 5.02 Å². The van der Waals surface area contributed by atoms with E-state index in [-0.39, 0.29) is 5.69 Å². The van der Waals surface area contributed by atoms with Gasteiger partial charge >= 0.3 is 12.2 Å². The SMILES string of the molecule is O=C(Nc1ccc(-c2cn3cccnc3n2)cc1)Nc1ccc(Cl)c(C(F)(F)F)c1. The molecule has 2 aromatic carbocycles. The van der Waals surface area contributed by atoms with Crippen molar-refractivity contribution in [1.29, 1.82) is 0 Å². The van der Waals surface area contributed by atoms with Crippen LogP contribution in [0.4, 0.5) is 29.3 Å². The molecular formula is C20H13ClF3N5O. The Hall–Kier alpha value is -3.59. The Bertz CT molecular complexity index is 1190. The lowest BCUT2D eigenvalue weighted by molar-refractivity contribution is -0.137. The van der Waals surface area contributed by atoms with E-state index in [9.17, 15) is 18.0 Å². The van der Waals surface area contributed by atoms with Crippen LogP contribution in [0.1, 0.15) is 5.56 Å². The number of carbonyl (C=O) groups excluding carboxylic acids is 1. The molecule has 0 bridgehead atoms. The fourth-order valence-corrected chi connectivity index (χ4v) is 3.03. The van der Waals surface area contributed by atoms with Gasteiger partial charge in [-0.25, -0.2) is 14.8 Å². The lowest BCUT2D eigenvalue weighted by atomic mass is 10.1. The Morgan fingerprint density at radius 2 is 1.73 bits per heavy atom. The number of urea groups is 1. The third kappa shape index (κ3) is 4.20. The van der Waals surface area contributed by atoms with Gasteiger partial charge in [-0.3, -0.25) is 4.40 Å². The number of amides is 2. The van der Waals surface area contributed by atoms with Crippen LogP contribution in [0.15, 0.2) is 67.1 Å². The Morgan fingerprint density at radius 1 is 1.03 bits per heavy atom. The average molecular weight is 432 g/mol. The molecule has 10 heteroatoms. The van der Waals surface area contributed by atoms with Crippen molar-refractivity contribution in [3.63, 3.8) is 0 Å². The van der Waals surface area contributed by atoms with E-state index >= 15 is 0 Å². The van der Waals surface area contributed by atoms with Gasteiger partial charge in [0.25, 0.3) is 0 Å². The number of hydrogen-bond donors (Lipinski definition) is 2. The molecule has 0 radical (unpaired) electrons. The highest BCUT2D eigenvalue weighted by Gasteiger charge is 2.33. The second kappa shape index (κ2) is 7.68. The first-order chi connectivity index (χ1) is 14.3. The van der Waals surface area contributed by atoms with Crippen LogP contribution in [0.3, 0.4) is 0 Å². The molecule has 0 saturated heterocycles. The Morgan fingerprint density at radius 3 is 2.43 bits per heavy atom. The van der Waals surface area contributed by atoms with Gasteiger partial charge in [-0.1, -0.05) is 23.7 Å². The van der Waals surface area contributed by atoms with Gasteiger partial charge in [0.05, 0.1) is 16.3 Å². The number of rotatable bonds is 3. The van der Waals surface area contributed by atoms with E-state index in [4.69, 9.17) is 11.6 Å². The predicted molar refractivity (Wildman–Crippen MR) is 108 cm³/mol. The molecule has 2 N–H and O–H groups in total. The van der Waals surface area contributed by atoms with E-state index in [2.05, 4.69) is 20.6 Å². The van der Waals surface area contributed by atoms with Gasteiger partial charge in [0.1, 0.15) is 0 Å². The minimum atomic E-state index is -4.62. The fourth-order valence-electron chi connectivity index (χ4n) is 2.81. The molecule has 0 aliphatic heterocycles. The van der Waals surface area contributed by atoms with Gasteiger partial charge < -0.3 is 10.6 Å². The van der Waals surface area contributed by atoms with Gasteiger partial charge in [0, 0.05) is 35.5 Å². The van der Waals surface area contributed by atoms with Crippen LogP contribution in [0, 0.1) is 0 Å². The summed E-state index contributed by atoms with van der Waals surface area (Å²) in [6.45, 7) is 0. The second-order valence-corrected chi connectivity index (χ2v) is 6.71. The number of anilines is 2. The third-order valence-corrected chi connectivity index (χ3v) is 4.53. The van der Waals surface area contributed by atoms with Crippen LogP contribution in [-0.4, -0.2) is 20.4 Å². The molecule has 0 atom stereocenters. The lowest BCUT2D eigenvalue weighted by Crippen LogP contribution is -2.19. The van der Waals surface area contributed by atoms with E-state index in [0.29, 0.717) is 17.2 Å². The van der Waals surface area contributed by atoms with Crippen molar-refractivity contribution in [3.8, 4) is 11.3 Å². The number of hydrogen-bond acceptors (Lipinski definition) is 3. The normalized spacial score (nSPS) is 11.5. The molecule has 30 heavy (non-hydrogen) atoms. The second-order valence-electron chi connectivity index (χ2n) is 6.30. The summed E-state index contributed by atoms with van der Waals surface area (Å²) in [5, 5.41) is 4.49. The molecule has 4 rings (SSSR count). The van der Waals surface area contributed by atoms with Crippen molar-refractivity contribution < 1.29 is 18.0 Å². The maximum absolute atomic E-state index is 12.9. The summed E-state index contributed by atoms with van der Waals surface area (Å²) >= 11 is 5.58. The van der Waals surface area contributed by atoms with E-state index in [1.807, 2.05) is 12.4 Å². The molecular weight excluding hydrogens is 419 g/mol. The number of benzene rings is 2. The quantitative estimate of drug-likeness (QED) is 0.436. The third-order valence-electron chi connectivity index (χ3n) is 4.20. The summed E-state index contributed by atoms with van der Waals surface area (Å²) in [5.74, 6) is 0.565. The number of nitrogens with zero attached hydrogens (tertiary/aromatic N) is 3. The Balaban J connectivity index is 1.45. The highest BCUT2D eigenvalue weighted by atomic mass is 35.5. The molecule has 0 saturated carbocycles. The molecule has 4 aromatic rings. The highest BCUT2D eigenvalue weighted by Crippen LogP contribution is 2.36. The topological polar surface area (TPSA) is 71.3 Å². The van der Waals surface area contributed by atoms with Crippen LogP contribution >= 0.6 is 11.6 Å². The summed E-state index contributed by atoms with van der Waals surface area (Å²) in [4.78, 5) is 20.7. The van der Waals surface area contributed by atoms with E-state index in [1.54, 1.807) is 40.9 Å². The highest BCUT2D eigenvalue weighted by molar-refractivity contribution is 6.31. The number of nitrogens with one attached hydrogen (secondary N) is 2. The summed E-state index contributed by atoms with van der Waals surface area (Å²) in [5.41, 5.74) is 0.944. The molecule has 0 spiro atoms. The molecule has 2 aromatic heterocycles. The zero-order valence-electron chi connectivity index (χ0n) is 15.1. The van der Waals surface area contributed by atoms with Crippen molar-refractivity contribution >= 4 is 34.8 Å². The van der Waals surface area contributed by atoms with Crippen molar-refractivity contribution in [2.45, 2.75) is 6.18 Å². The van der Waals surface area contributed by atoms with E-state index < -0.39 is 22.8 Å². The van der Waals surface area contributed by atoms with E-state index in [1.165, 1.54) is 6.07 Å². The average Bonchev–Trinajstić information content (AvgIpc) is 3.13. The molecule has 2 amide bonds. The standard InChI is InChI=1S/C20H13ClF3N5O/c21-16-7-6-14(10-15(16)20(22,23)24)27-19(30)26-13-4-2-12(3-5-13)17-11-29-9-1-8-25-18(29)28-17/h1-11H,(H2,26,27,30). The number of fused-ring (bicyclic) bond motifs is 1. The predicted octanol–water partition coefficient (Wildman–Crippen LogP) is 5.71. The van der Waals surface area contributed by atoms with Gasteiger partial charge in [-0.05, 0) is 36.4 Å². The number of carbonyl (C=O) groups is 1. The molecule has 6 nitrogen and oxygen atoms in total. The van der Waals surface area contributed by atoms with Crippen molar-refractivity contribution in [3.05, 3.63) is 77.7 Å². The fraction of sp³-hybridized carbons (Fsp3) is 0.0500. The maximum atomic E-state index is 12.9. The molecule has 0 unspecified atom stereocenters. The van der Waals surface area contributed by atoms with Gasteiger partial charge in [-0.2, -0.15) is 13.2 Å². The van der Waals surface area contributed by atoms with Crippen LogP contribution in [0.5, 0.6) is 0 Å². The van der Waals surface area contributed by atoms with Crippen LogP contribution in [0.25, 0.3) is 17.0 Å². The largest absolute Gasteiger partial charge is 0.417 e. The summed E-state index contributed by atoms with van der Waals surface area (Å²) < 4.78 is 40.6. The van der Waals surface area contributed by atoms with Gasteiger partial charge in [0.2, 0.25) is 5.78 Å². The zero-order valence-corrected chi connectivity index (χ0v) is 15.9. The molecule has 0 fully saturated rings. The summed E-state index contributed by atoms with van der Waals surface area (Å²) in [6, 6.07) is 11.1. The monoisotopic (exact) mass is 431 g/mol. The minimum absolute atomic E-state index is 0.0296. The van der Waals surface area contributed by atoms with E-state index in [0.717, 1.165) is 17.7 Å². The minimum Gasteiger partial charge on any atom is -0.308 e. The Labute approximate surface area is 173 Å². The lowest BCUT2D eigenvalue weighted by Gasteiger charge is -2.12. The number of alkyl halides is 3. The van der Waals surface area contributed by atoms with Crippen molar-refractivity contribution in [1.82, 2.24) is 14.4 Å². The number of imidazole rings is 1. The molecule has 0 aliphatic rings. The van der Waals surface area contributed by atoms with Crippen molar-refractivity contribution in [2.75, 3.05) is 10.6 Å². The summed E-state index contributed by atoms with van der Waals surface area (Å²) in [7, 11) is 0. The molecule has 0 aliphatic carbocycles. The first-order valence-corrected chi connectivity index (χ1v) is 9.02. The Kier molecular flexibility index (Phi) is 5.04. The zero-order chi connectivity index (χ0) is 21.3. The van der Waals surface area contributed by atoms with Crippen LogP contribution in [-0.2, 0) is 6.18 Å². The number of aromatic nitrogens is 3. The molecule has 152 valence electrons. The first-order valence-electron chi connectivity index (χ1n) is 8.64. The maximum Gasteiger partial charge on any atom is 0.417 e. The van der Waals surface area contributed by atoms with Crippen molar-refractivity contribution in [2.24, 2.45) is 0 Å². The first kappa shape index (κ1) is 19.7. The summed E-state index contributed by atoms with van der Waals surface area (Å²) in [6.07, 6.45) is 0.695. The molecule has 2 heterocycles. The number of halogens is 4. The van der Waals surface area contributed by atoms with Gasteiger partial charge in [-0.15, -0.1) is 0 Å². The van der Waals surface area contributed by atoms with Gasteiger partial charge in [0.15, 0.2) is 0 Å². The van der Waals surface area contributed by atoms with Crippen LogP contribution < -0.4 is 10.6 Å². The smallest absolute Gasteiger partial charge is 0.308 e.